The van der Waals surface area contributed by atoms with Crippen molar-refractivity contribution >= 4 is 26.2 Å². The zero-order valence-corrected chi connectivity index (χ0v) is 13.1. The first-order chi connectivity index (χ1) is 9.93. The maximum absolute atomic E-state index is 11.3. The van der Waals surface area contributed by atoms with Crippen LogP contribution in [0.25, 0.3) is 10.4 Å². The van der Waals surface area contributed by atoms with E-state index in [1.54, 1.807) is 0 Å². The van der Waals surface area contributed by atoms with Gasteiger partial charge in [-0.25, -0.2) is 4.79 Å². The van der Waals surface area contributed by atoms with Crippen LogP contribution in [0.3, 0.4) is 0 Å². The fourth-order valence-corrected chi connectivity index (χ4v) is 3.14. The Bertz CT molecular complexity index is 735. The van der Waals surface area contributed by atoms with Gasteiger partial charge in [-0.2, -0.15) is 16.8 Å². The molecular formula is C9H13N3O8S2. The van der Waals surface area contributed by atoms with Crippen LogP contribution in [-0.2, 0) is 33.4 Å². The Morgan fingerprint density at radius 3 is 2.27 bits per heavy atom. The monoisotopic (exact) mass is 355 g/mol. The van der Waals surface area contributed by atoms with Gasteiger partial charge in [-0.3, -0.25) is 8.37 Å². The number of carboxylic acid groups (broad SMARTS) is 1. The second-order valence-corrected chi connectivity index (χ2v) is 7.70. The molecule has 0 aromatic rings. The van der Waals surface area contributed by atoms with E-state index in [0.29, 0.717) is 12.5 Å². The topological polar surface area (TPSA) is 173 Å². The van der Waals surface area contributed by atoms with Gasteiger partial charge in [0.2, 0.25) is 0 Å². The maximum Gasteiger partial charge on any atom is 0.331 e. The second kappa shape index (κ2) is 6.62. The Kier molecular flexibility index (Phi) is 5.54. The van der Waals surface area contributed by atoms with E-state index in [2.05, 4.69) is 14.2 Å². The second-order valence-electron chi connectivity index (χ2n) is 4.50. The molecule has 0 bridgehead atoms. The lowest BCUT2D eigenvalue weighted by atomic mass is 9.91. The molecule has 1 N–H and O–H groups in total. The van der Waals surface area contributed by atoms with Crippen molar-refractivity contribution in [3.63, 3.8) is 0 Å². The number of carboxylic acids is 1. The highest BCUT2D eigenvalue weighted by Crippen LogP contribution is 2.28. The third-order valence-corrected chi connectivity index (χ3v) is 3.71. The lowest BCUT2D eigenvalue weighted by Gasteiger charge is -2.32. The quantitative estimate of drug-likeness (QED) is 0.294. The van der Waals surface area contributed by atoms with Crippen LogP contribution in [0.2, 0.25) is 0 Å². The van der Waals surface area contributed by atoms with Crippen LogP contribution in [0.5, 0.6) is 0 Å². The molecule has 1 rings (SSSR count). The molecule has 0 radical (unpaired) electrons. The van der Waals surface area contributed by atoms with E-state index < -0.39 is 50.9 Å². The van der Waals surface area contributed by atoms with Crippen LogP contribution in [0.15, 0.2) is 16.8 Å². The van der Waals surface area contributed by atoms with Gasteiger partial charge in [0.05, 0.1) is 18.6 Å². The molecule has 3 unspecified atom stereocenters. The SMILES string of the molecule is CS(=O)(=O)OC1CC(C(=O)O)=CC(N=[N+]=[N-])C1OS(C)(=O)=O. The Morgan fingerprint density at radius 1 is 1.32 bits per heavy atom. The van der Waals surface area contributed by atoms with Crippen molar-refractivity contribution in [1.29, 1.82) is 0 Å². The summed E-state index contributed by atoms with van der Waals surface area (Å²) in [7, 11) is -8.07. The number of nitrogens with zero attached hydrogens (tertiary/aromatic N) is 3. The van der Waals surface area contributed by atoms with Gasteiger partial charge in [0.1, 0.15) is 12.2 Å². The molecule has 124 valence electrons. The van der Waals surface area contributed by atoms with Gasteiger partial charge in [-0.15, -0.1) is 0 Å². The first-order valence-corrected chi connectivity index (χ1v) is 9.31. The van der Waals surface area contributed by atoms with Crippen LogP contribution < -0.4 is 0 Å². The summed E-state index contributed by atoms with van der Waals surface area (Å²) in [5.41, 5.74) is 8.22. The van der Waals surface area contributed by atoms with Gasteiger partial charge in [0.15, 0.2) is 0 Å². The molecule has 1 aliphatic rings. The summed E-state index contributed by atoms with van der Waals surface area (Å²) in [6.45, 7) is 0. The van der Waals surface area contributed by atoms with Gasteiger partial charge in [-0.05, 0) is 5.53 Å². The van der Waals surface area contributed by atoms with E-state index in [0.717, 1.165) is 6.08 Å². The lowest BCUT2D eigenvalue weighted by Crippen LogP contribution is -2.45. The number of hydrogen-bond acceptors (Lipinski definition) is 8. The van der Waals surface area contributed by atoms with Crippen LogP contribution in [0.4, 0.5) is 0 Å². The molecule has 0 aromatic carbocycles. The predicted octanol–water partition coefficient (Wildman–Crippen LogP) is -0.230. The summed E-state index contributed by atoms with van der Waals surface area (Å²) in [6, 6.07) is -1.36. The van der Waals surface area contributed by atoms with Gasteiger partial charge < -0.3 is 5.11 Å². The van der Waals surface area contributed by atoms with Crippen LogP contribution in [0, 0.1) is 0 Å². The van der Waals surface area contributed by atoms with Crippen molar-refractivity contribution in [2.45, 2.75) is 24.7 Å². The molecule has 0 saturated carbocycles. The predicted molar refractivity (Wildman–Crippen MR) is 72.7 cm³/mol. The van der Waals surface area contributed by atoms with Crippen molar-refractivity contribution in [3.8, 4) is 0 Å². The van der Waals surface area contributed by atoms with Crippen molar-refractivity contribution in [1.82, 2.24) is 0 Å². The molecule has 1 aliphatic carbocycles. The number of aliphatic carboxylic acids is 1. The maximum atomic E-state index is 11.3. The van der Waals surface area contributed by atoms with Gasteiger partial charge in [0, 0.05) is 16.9 Å². The highest BCUT2D eigenvalue weighted by Gasteiger charge is 2.40. The van der Waals surface area contributed by atoms with Crippen LogP contribution >= 0.6 is 0 Å². The first-order valence-electron chi connectivity index (χ1n) is 5.67. The zero-order chi connectivity index (χ0) is 17.1. The summed E-state index contributed by atoms with van der Waals surface area (Å²) in [4.78, 5) is 13.5. The molecule has 0 amide bonds. The number of carbonyl (C=O) groups is 1. The zero-order valence-electron chi connectivity index (χ0n) is 11.5. The summed E-state index contributed by atoms with van der Waals surface area (Å²) in [5, 5.41) is 12.2. The van der Waals surface area contributed by atoms with Crippen molar-refractivity contribution in [2.24, 2.45) is 5.11 Å². The Balaban J connectivity index is 3.32. The molecule has 0 heterocycles. The number of rotatable bonds is 6. The molecule has 3 atom stereocenters. The highest BCUT2D eigenvalue weighted by molar-refractivity contribution is 7.86. The van der Waals surface area contributed by atoms with Gasteiger partial charge >= 0.3 is 5.97 Å². The van der Waals surface area contributed by atoms with E-state index in [1.807, 2.05) is 0 Å². The molecule has 11 nitrogen and oxygen atoms in total. The van der Waals surface area contributed by atoms with Gasteiger partial charge in [-0.1, -0.05) is 11.2 Å². The van der Waals surface area contributed by atoms with Gasteiger partial charge in [0.25, 0.3) is 20.2 Å². The smallest absolute Gasteiger partial charge is 0.331 e. The molecule has 0 aromatic heterocycles. The minimum Gasteiger partial charge on any atom is -0.478 e. The first kappa shape index (κ1) is 18.4. The summed E-state index contributed by atoms with van der Waals surface area (Å²) >= 11 is 0. The fourth-order valence-electron chi connectivity index (χ4n) is 1.87. The van der Waals surface area contributed by atoms with Crippen LogP contribution in [0.1, 0.15) is 6.42 Å². The minimum absolute atomic E-state index is 0.278. The normalized spacial score (nSPS) is 25.9. The summed E-state index contributed by atoms with van der Waals surface area (Å²) < 4.78 is 54.5. The van der Waals surface area contributed by atoms with E-state index in [9.17, 15) is 21.6 Å². The average Bonchev–Trinajstić information content (AvgIpc) is 2.29. The summed E-state index contributed by atoms with van der Waals surface area (Å²) in [6.07, 6.45) is -0.958. The standard InChI is InChI=1S/C9H13N3O8S2/c1-21(15,16)19-7-4-5(9(13)14)3-6(11-12-10)8(7)20-22(2,17)18/h3,6-8H,4H2,1-2H3,(H,13,14). The number of hydrogen-bond donors (Lipinski definition) is 1. The Morgan fingerprint density at radius 2 is 1.86 bits per heavy atom. The van der Waals surface area contributed by atoms with Crippen molar-refractivity contribution < 1.29 is 35.1 Å². The third kappa shape index (κ3) is 5.61. The fraction of sp³-hybridized carbons (Fsp3) is 0.667. The lowest BCUT2D eigenvalue weighted by molar-refractivity contribution is -0.133. The highest BCUT2D eigenvalue weighted by atomic mass is 32.2. The molecule has 13 heteroatoms. The molecule has 0 spiro atoms. The molecule has 0 aliphatic heterocycles. The molecule has 0 saturated heterocycles. The molecule has 22 heavy (non-hydrogen) atoms. The van der Waals surface area contributed by atoms with Crippen molar-refractivity contribution in [3.05, 3.63) is 22.1 Å². The Hall–Kier alpha value is -1.66. The molecular weight excluding hydrogens is 342 g/mol. The van der Waals surface area contributed by atoms with E-state index in [-0.39, 0.29) is 5.57 Å². The van der Waals surface area contributed by atoms with Crippen molar-refractivity contribution in [2.75, 3.05) is 12.5 Å². The molecule has 0 fully saturated rings. The Labute approximate surface area is 126 Å². The third-order valence-electron chi connectivity index (χ3n) is 2.54. The van der Waals surface area contributed by atoms with E-state index in [4.69, 9.17) is 14.8 Å². The van der Waals surface area contributed by atoms with E-state index in [1.165, 1.54) is 0 Å². The van der Waals surface area contributed by atoms with Crippen LogP contribution in [-0.4, -0.2) is 58.7 Å². The number of azide groups is 1. The average molecular weight is 355 g/mol. The largest absolute Gasteiger partial charge is 0.478 e. The minimum atomic E-state index is -4.04. The summed E-state index contributed by atoms with van der Waals surface area (Å²) in [5.74, 6) is -1.38. The van der Waals surface area contributed by atoms with E-state index >= 15 is 0 Å².